The molecule has 0 heterocycles. The van der Waals surface area contributed by atoms with E-state index in [0.717, 1.165) is 12.8 Å². The number of rotatable bonds is 1. The summed E-state index contributed by atoms with van der Waals surface area (Å²) in [5, 5.41) is 0. The van der Waals surface area contributed by atoms with E-state index in [1.165, 1.54) is 19.8 Å². The van der Waals surface area contributed by atoms with Gasteiger partial charge in [0, 0.05) is 12.3 Å². The lowest BCUT2D eigenvalue weighted by molar-refractivity contribution is -0.166. The van der Waals surface area contributed by atoms with Crippen molar-refractivity contribution < 1.29 is 9.53 Å². The summed E-state index contributed by atoms with van der Waals surface area (Å²) in [5.41, 5.74) is 0.363. The third kappa shape index (κ3) is 0.945. The van der Waals surface area contributed by atoms with Gasteiger partial charge < -0.3 is 4.74 Å². The highest BCUT2D eigenvalue weighted by molar-refractivity contribution is 5.67. The first kappa shape index (κ1) is 10.0. The van der Waals surface area contributed by atoms with E-state index in [2.05, 4.69) is 20.8 Å². The Kier molecular flexibility index (Phi) is 1.81. The Morgan fingerprint density at radius 2 is 1.57 bits per heavy atom. The molecule has 14 heavy (non-hydrogen) atoms. The number of esters is 1. The van der Waals surface area contributed by atoms with E-state index in [0.29, 0.717) is 5.41 Å². The summed E-state index contributed by atoms with van der Waals surface area (Å²) >= 11 is 0. The summed E-state index contributed by atoms with van der Waals surface area (Å²) in [7, 11) is 0. The van der Waals surface area contributed by atoms with Gasteiger partial charge in [0.15, 0.2) is 0 Å². The molecule has 0 radical (unpaired) electrons. The summed E-state index contributed by atoms with van der Waals surface area (Å²) < 4.78 is 5.63. The lowest BCUT2D eigenvalue weighted by atomic mass is 9.70. The summed E-state index contributed by atoms with van der Waals surface area (Å²) in [6.45, 7) is 8.38. The van der Waals surface area contributed by atoms with Crippen LogP contribution in [0.4, 0.5) is 0 Å². The van der Waals surface area contributed by atoms with Gasteiger partial charge in [0.25, 0.3) is 0 Å². The zero-order valence-electron chi connectivity index (χ0n) is 9.64. The molecular weight excluding hydrogens is 176 g/mol. The van der Waals surface area contributed by atoms with Crippen LogP contribution >= 0.6 is 0 Å². The van der Waals surface area contributed by atoms with Gasteiger partial charge in [-0.1, -0.05) is 20.8 Å². The van der Waals surface area contributed by atoms with Crippen molar-refractivity contribution in [3.8, 4) is 0 Å². The first-order valence-electron chi connectivity index (χ1n) is 5.53. The minimum Gasteiger partial charge on any atom is -0.459 e. The number of carbonyl (C=O) groups is 1. The summed E-state index contributed by atoms with van der Waals surface area (Å²) in [6, 6.07) is 0. The highest BCUT2D eigenvalue weighted by Crippen LogP contribution is 2.68. The zero-order chi connectivity index (χ0) is 10.6. The Balaban J connectivity index is 2.34. The lowest BCUT2D eigenvalue weighted by Gasteiger charge is -2.40. The molecule has 2 heteroatoms. The standard InChI is InChI=1S/C12H20O2/c1-9(13)14-12-7-5-11(4,6-8-12)10(12,2)3/h5-8H2,1-4H3. The molecule has 0 aromatic carbocycles. The lowest BCUT2D eigenvalue weighted by Crippen LogP contribution is -2.43. The topological polar surface area (TPSA) is 26.3 Å². The molecule has 2 aliphatic carbocycles. The molecule has 2 rings (SSSR count). The number of hydrogen-bond donors (Lipinski definition) is 0. The number of ether oxygens (including phenoxy) is 1. The fraction of sp³-hybridized carbons (Fsp3) is 0.917. The van der Waals surface area contributed by atoms with Crippen LogP contribution in [-0.2, 0) is 9.53 Å². The summed E-state index contributed by atoms with van der Waals surface area (Å²) in [4.78, 5) is 11.2. The number of fused-ring (bicyclic) bond motifs is 2. The normalized spacial score (nSPS) is 44.0. The van der Waals surface area contributed by atoms with Gasteiger partial charge in [-0.15, -0.1) is 0 Å². The molecule has 0 spiro atoms. The van der Waals surface area contributed by atoms with E-state index in [1.807, 2.05) is 0 Å². The molecule has 2 bridgehead atoms. The first-order valence-corrected chi connectivity index (χ1v) is 5.53. The van der Waals surface area contributed by atoms with Gasteiger partial charge >= 0.3 is 5.97 Å². The molecule has 2 saturated carbocycles. The second kappa shape index (κ2) is 2.53. The molecule has 2 nitrogen and oxygen atoms in total. The fourth-order valence-corrected chi connectivity index (χ4v) is 3.51. The Bertz CT molecular complexity index is 270. The smallest absolute Gasteiger partial charge is 0.303 e. The number of hydrogen-bond acceptors (Lipinski definition) is 2. The molecule has 0 aliphatic heterocycles. The van der Waals surface area contributed by atoms with Crippen LogP contribution < -0.4 is 0 Å². The van der Waals surface area contributed by atoms with Crippen LogP contribution in [0.1, 0.15) is 53.4 Å². The van der Waals surface area contributed by atoms with Gasteiger partial charge in [-0.3, -0.25) is 4.79 Å². The molecule has 0 saturated heterocycles. The van der Waals surface area contributed by atoms with E-state index < -0.39 is 0 Å². The Morgan fingerprint density at radius 3 is 1.86 bits per heavy atom. The zero-order valence-corrected chi connectivity index (χ0v) is 9.64. The maximum Gasteiger partial charge on any atom is 0.303 e. The van der Waals surface area contributed by atoms with Gasteiger partial charge in [-0.2, -0.15) is 0 Å². The quantitative estimate of drug-likeness (QED) is 0.603. The second-order valence-corrected chi connectivity index (χ2v) is 5.77. The molecular formula is C12H20O2. The Morgan fingerprint density at radius 1 is 1.07 bits per heavy atom. The van der Waals surface area contributed by atoms with Crippen molar-refractivity contribution >= 4 is 5.97 Å². The van der Waals surface area contributed by atoms with Crippen molar-refractivity contribution in [1.82, 2.24) is 0 Å². The highest BCUT2D eigenvalue weighted by atomic mass is 16.6. The van der Waals surface area contributed by atoms with Crippen LogP contribution in [0, 0.1) is 10.8 Å². The van der Waals surface area contributed by atoms with Crippen molar-refractivity contribution in [2.24, 2.45) is 10.8 Å². The minimum absolute atomic E-state index is 0.121. The van der Waals surface area contributed by atoms with Crippen LogP contribution in [0.5, 0.6) is 0 Å². The Hall–Kier alpha value is -0.530. The maximum absolute atomic E-state index is 11.2. The third-order valence-electron chi connectivity index (χ3n) is 5.15. The van der Waals surface area contributed by atoms with Crippen LogP contribution in [0.3, 0.4) is 0 Å². The van der Waals surface area contributed by atoms with Gasteiger partial charge in [0.1, 0.15) is 5.60 Å². The summed E-state index contributed by atoms with van der Waals surface area (Å²) in [5.74, 6) is -0.121. The second-order valence-electron chi connectivity index (χ2n) is 5.77. The monoisotopic (exact) mass is 196 g/mol. The minimum atomic E-state index is -0.159. The van der Waals surface area contributed by atoms with Crippen LogP contribution in [0.2, 0.25) is 0 Å². The average molecular weight is 196 g/mol. The molecule has 0 amide bonds. The van der Waals surface area contributed by atoms with Crippen molar-refractivity contribution in [3.63, 3.8) is 0 Å². The maximum atomic E-state index is 11.2. The van der Waals surface area contributed by atoms with Crippen LogP contribution in [0.25, 0.3) is 0 Å². The molecule has 2 aliphatic rings. The predicted octanol–water partition coefficient (Wildman–Crippen LogP) is 2.91. The van der Waals surface area contributed by atoms with Gasteiger partial charge in [-0.05, 0) is 31.1 Å². The van der Waals surface area contributed by atoms with E-state index in [-0.39, 0.29) is 17.0 Å². The van der Waals surface area contributed by atoms with Gasteiger partial charge in [0.05, 0.1) is 0 Å². The van der Waals surface area contributed by atoms with Crippen molar-refractivity contribution in [3.05, 3.63) is 0 Å². The van der Waals surface area contributed by atoms with Gasteiger partial charge in [0.2, 0.25) is 0 Å². The molecule has 0 N–H and O–H groups in total. The van der Waals surface area contributed by atoms with Crippen molar-refractivity contribution in [1.29, 1.82) is 0 Å². The molecule has 0 aromatic heterocycles. The average Bonchev–Trinajstić information content (AvgIpc) is 2.34. The molecule has 2 fully saturated rings. The van der Waals surface area contributed by atoms with E-state index >= 15 is 0 Å². The first-order chi connectivity index (χ1) is 6.33. The van der Waals surface area contributed by atoms with Crippen molar-refractivity contribution in [2.75, 3.05) is 0 Å². The van der Waals surface area contributed by atoms with Gasteiger partial charge in [-0.25, -0.2) is 0 Å². The predicted molar refractivity (Wildman–Crippen MR) is 54.9 cm³/mol. The Labute approximate surface area is 86.0 Å². The molecule has 0 atom stereocenters. The molecule has 80 valence electrons. The van der Waals surface area contributed by atoms with Crippen molar-refractivity contribution in [2.45, 2.75) is 59.0 Å². The largest absolute Gasteiger partial charge is 0.459 e. The number of carbonyl (C=O) groups excluding carboxylic acids is 1. The highest BCUT2D eigenvalue weighted by Gasteiger charge is 2.67. The summed E-state index contributed by atoms with van der Waals surface area (Å²) in [6.07, 6.45) is 4.51. The van der Waals surface area contributed by atoms with Crippen LogP contribution in [0.15, 0.2) is 0 Å². The van der Waals surface area contributed by atoms with E-state index in [9.17, 15) is 4.79 Å². The SMILES string of the molecule is CC(=O)OC12CCC(C)(CC1)C2(C)C. The van der Waals surface area contributed by atoms with E-state index in [4.69, 9.17) is 4.74 Å². The molecule has 0 aromatic rings. The van der Waals surface area contributed by atoms with Crippen LogP contribution in [-0.4, -0.2) is 11.6 Å². The van der Waals surface area contributed by atoms with E-state index in [1.54, 1.807) is 0 Å². The third-order valence-corrected chi connectivity index (χ3v) is 5.15. The molecule has 0 unspecified atom stereocenters. The fourth-order valence-electron chi connectivity index (χ4n) is 3.51.